The topological polar surface area (TPSA) is 228 Å². The second-order valence-electron chi connectivity index (χ2n) is 19.3. The van der Waals surface area contributed by atoms with Crippen LogP contribution in [0.5, 0.6) is 0 Å². The second kappa shape index (κ2) is 42.1. The number of hydrogen-bond acceptors (Lipinski definition) is 13. The number of unbranched alkanes of at least 4 members (excludes halogenated alkanes) is 19. The zero-order valence-electron chi connectivity index (χ0n) is 43.2. The van der Waals surface area contributed by atoms with Crippen LogP contribution in [0.2, 0.25) is 0 Å². The molecular formula is C56H99NO13. The first kappa shape index (κ1) is 63.8. The van der Waals surface area contributed by atoms with E-state index in [1.54, 1.807) is 0 Å². The van der Waals surface area contributed by atoms with E-state index in [2.05, 4.69) is 79.9 Å². The number of amides is 1. The number of rotatable bonds is 42. The number of hydrogen-bond donors (Lipinski definition) is 9. The van der Waals surface area contributed by atoms with Crippen LogP contribution in [0, 0.1) is 0 Å². The summed E-state index contributed by atoms with van der Waals surface area (Å²) in [4.78, 5) is 13.2. The molecule has 2 aliphatic rings. The van der Waals surface area contributed by atoms with Crippen molar-refractivity contribution in [2.45, 2.75) is 267 Å². The zero-order chi connectivity index (χ0) is 51.0. The minimum atomic E-state index is -1.79. The third kappa shape index (κ3) is 28.2. The summed E-state index contributed by atoms with van der Waals surface area (Å²) in [7, 11) is 0. The molecule has 0 saturated carbocycles. The van der Waals surface area contributed by atoms with Gasteiger partial charge in [0.15, 0.2) is 12.6 Å². The van der Waals surface area contributed by atoms with Gasteiger partial charge in [-0.15, -0.1) is 0 Å². The van der Waals surface area contributed by atoms with Crippen molar-refractivity contribution in [2.75, 3.05) is 19.8 Å². The van der Waals surface area contributed by atoms with E-state index in [9.17, 15) is 45.6 Å². The highest BCUT2D eigenvalue weighted by atomic mass is 16.7. The summed E-state index contributed by atoms with van der Waals surface area (Å²) in [5, 5.41) is 87.1. The van der Waals surface area contributed by atoms with Crippen molar-refractivity contribution in [1.29, 1.82) is 0 Å². The Morgan fingerprint density at radius 1 is 0.529 bits per heavy atom. The highest BCUT2D eigenvalue weighted by molar-refractivity contribution is 5.76. The van der Waals surface area contributed by atoms with Gasteiger partial charge >= 0.3 is 0 Å². The summed E-state index contributed by atoms with van der Waals surface area (Å²) >= 11 is 0. The molecule has 2 saturated heterocycles. The lowest BCUT2D eigenvalue weighted by atomic mass is 9.97. The van der Waals surface area contributed by atoms with Crippen LogP contribution >= 0.6 is 0 Å². The van der Waals surface area contributed by atoms with Gasteiger partial charge in [0, 0.05) is 6.42 Å². The van der Waals surface area contributed by atoms with Gasteiger partial charge in [-0.1, -0.05) is 190 Å². The van der Waals surface area contributed by atoms with E-state index in [1.165, 1.54) is 70.6 Å². The molecule has 0 radical (unpaired) electrons. The van der Waals surface area contributed by atoms with E-state index in [1.807, 2.05) is 0 Å². The minimum Gasteiger partial charge on any atom is -0.394 e. The highest BCUT2D eigenvalue weighted by Gasteiger charge is 2.51. The maximum atomic E-state index is 13.2. The van der Waals surface area contributed by atoms with E-state index >= 15 is 0 Å². The molecule has 2 heterocycles. The van der Waals surface area contributed by atoms with Gasteiger partial charge in [0.25, 0.3) is 0 Å². The summed E-state index contributed by atoms with van der Waals surface area (Å²) in [6.07, 6.45) is 34.9. The first-order valence-corrected chi connectivity index (χ1v) is 27.5. The second-order valence-corrected chi connectivity index (χ2v) is 19.3. The molecular weight excluding hydrogens is 895 g/mol. The van der Waals surface area contributed by atoms with Gasteiger partial charge in [0.05, 0.1) is 32.0 Å². The number of nitrogens with one attached hydrogen (secondary N) is 1. The smallest absolute Gasteiger partial charge is 0.220 e. The van der Waals surface area contributed by atoms with Gasteiger partial charge in [-0.25, -0.2) is 0 Å². The number of aliphatic hydroxyl groups excluding tert-OH is 8. The van der Waals surface area contributed by atoms with E-state index in [4.69, 9.17) is 18.9 Å². The normalized spacial score (nSPS) is 26.4. The van der Waals surface area contributed by atoms with Crippen LogP contribution in [0.25, 0.3) is 0 Å². The van der Waals surface area contributed by atoms with Crippen LogP contribution in [0.15, 0.2) is 60.8 Å². The fraction of sp³-hybridized carbons (Fsp3) is 0.804. The number of aliphatic hydroxyl groups is 8. The third-order valence-corrected chi connectivity index (χ3v) is 13.2. The third-order valence-electron chi connectivity index (χ3n) is 13.2. The van der Waals surface area contributed by atoms with Crippen molar-refractivity contribution in [3.05, 3.63) is 60.8 Å². The molecule has 1 amide bonds. The summed E-state index contributed by atoms with van der Waals surface area (Å²) < 4.78 is 22.8. The molecule has 406 valence electrons. The quantitative estimate of drug-likeness (QED) is 0.0208. The Labute approximate surface area is 422 Å². The Balaban J connectivity index is 1.80. The first-order valence-electron chi connectivity index (χ1n) is 27.5. The molecule has 0 aromatic carbocycles. The molecule has 0 aliphatic carbocycles. The van der Waals surface area contributed by atoms with Crippen LogP contribution in [-0.4, -0.2) is 140 Å². The predicted molar refractivity (Wildman–Crippen MR) is 277 cm³/mol. The molecule has 2 fully saturated rings. The number of carbonyl (C=O) groups excluding carboxylic acids is 1. The highest BCUT2D eigenvalue weighted by Crippen LogP contribution is 2.30. The SMILES string of the molecule is CC/C=C\C/C=C\C/C=C\C/C=C\C/C=C\CCCCCCCC(=O)NC(COC1OC(CO)C(OC2OC(CO)C(O)C(O)C2O)C(O)C1O)C(O)CCCCCCCCCCCCCCCCC. The maximum absolute atomic E-state index is 13.2. The first-order chi connectivity index (χ1) is 34.1. The summed E-state index contributed by atoms with van der Waals surface area (Å²) in [6.45, 7) is 2.72. The lowest BCUT2D eigenvalue weighted by Crippen LogP contribution is -2.65. The van der Waals surface area contributed by atoms with Gasteiger partial charge in [-0.2, -0.15) is 0 Å². The van der Waals surface area contributed by atoms with Gasteiger partial charge in [-0.05, 0) is 57.8 Å². The summed E-state index contributed by atoms with van der Waals surface area (Å²) in [5.74, 6) is -0.228. The minimum absolute atomic E-state index is 0.228. The van der Waals surface area contributed by atoms with Crippen LogP contribution in [-0.2, 0) is 23.7 Å². The van der Waals surface area contributed by atoms with E-state index in [-0.39, 0.29) is 18.9 Å². The molecule has 70 heavy (non-hydrogen) atoms. The van der Waals surface area contributed by atoms with Gasteiger partial charge < -0.3 is 65.1 Å². The Hall–Kier alpha value is -2.31. The van der Waals surface area contributed by atoms with Crippen molar-refractivity contribution in [2.24, 2.45) is 0 Å². The van der Waals surface area contributed by atoms with Gasteiger partial charge in [-0.3, -0.25) is 4.79 Å². The van der Waals surface area contributed by atoms with Crippen LogP contribution in [0.3, 0.4) is 0 Å². The number of carbonyl (C=O) groups is 1. The molecule has 14 nitrogen and oxygen atoms in total. The van der Waals surface area contributed by atoms with Gasteiger partial charge in [0.1, 0.15) is 48.8 Å². The lowest BCUT2D eigenvalue weighted by molar-refractivity contribution is -0.359. The van der Waals surface area contributed by atoms with Crippen molar-refractivity contribution in [3.8, 4) is 0 Å². The van der Waals surface area contributed by atoms with Crippen LogP contribution in [0.1, 0.15) is 194 Å². The van der Waals surface area contributed by atoms with E-state index in [0.717, 1.165) is 89.9 Å². The molecule has 0 aromatic heterocycles. The molecule has 0 spiro atoms. The largest absolute Gasteiger partial charge is 0.394 e. The Morgan fingerprint density at radius 3 is 1.51 bits per heavy atom. The van der Waals surface area contributed by atoms with Crippen LogP contribution in [0.4, 0.5) is 0 Å². The van der Waals surface area contributed by atoms with Crippen molar-refractivity contribution >= 4 is 5.91 Å². The maximum Gasteiger partial charge on any atom is 0.220 e. The van der Waals surface area contributed by atoms with Crippen LogP contribution < -0.4 is 5.32 Å². The monoisotopic (exact) mass is 994 g/mol. The Bertz CT molecular complexity index is 1410. The molecule has 0 bridgehead atoms. The average Bonchev–Trinajstić information content (AvgIpc) is 3.36. The molecule has 12 atom stereocenters. The molecule has 12 unspecified atom stereocenters. The van der Waals surface area contributed by atoms with Crippen molar-refractivity contribution in [3.63, 3.8) is 0 Å². The predicted octanol–water partition coefficient (Wildman–Crippen LogP) is 8.22. The molecule has 2 rings (SSSR count). The Kier molecular flexibility index (Phi) is 38.4. The van der Waals surface area contributed by atoms with Crippen molar-refractivity contribution < 1.29 is 64.6 Å². The zero-order valence-corrected chi connectivity index (χ0v) is 43.2. The number of allylic oxidation sites excluding steroid dienone is 10. The average molecular weight is 994 g/mol. The summed E-state index contributed by atoms with van der Waals surface area (Å²) in [6, 6.07) is -0.841. The fourth-order valence-corrected chi connectivity index (χ4v) is 8.79. The standard InChI is InChI=1S/C56H99NO13/c1-3-5-7-9-11-13-15-17-19-20-21-22-23-24-26-28-30-32-34-36-38-40-48(61)57-44(45(60)39-37-35-33-31-29-27-25-18-16-14-12-10-8-6-4-2)43-67-55-53(66)51(64)54(47(42-59)69-55)70-56-52(65)50(63)49(62)46(41-58)68-56/h5,7,11,13,17,19,21-22,24,26,44-47,49-56,58-60,62-66H,3-4,6,8-10,12,14-16,18,20,23,25,27-43H2,1-2H3,(H,57,61)/b7-5-,13-11-,19-17-,22-21-,26-24-. The molecule has 2 aliphatic heterocycles. The lowest BCUT2D eigenvalue weighted by Gasteiger charge is -2.46. The van der Waals surface area contributed by atoms with E-state index in [0.29, 0.717) is 12.8 Å². The molecule has 0 aromatic rings. The molecule has 9 N–H and O–H groups in total. The van der Waals surface area contributed by atoms with Crippen molar-refractivity contribution in [1.82, 2.24) is 5.32 Å². The van der Waals surface area contributed by atoms with Gasteiger partial charge in [0.2, 0.25) is 5.91 Å². The Morgan fingerprint density at radius 2 is 0.986 bits per heavy atom. The van der Waals surface area contributed by atoms with E-state index < -0.39 is 86.8 Å². The number of ether oxygens (including phenoxy) is 4. The molecule has 14 heteroatoms. The summed E-state index contributed by atoms with van der Waals surface area (Å²) in [5.41, 5.74) is 0. The fourth-order valence-electron chi connectivity index (χ4n) is 8.79.